The molecule has 0 spiro atoms. The van der Waals surface area contributed by atoms with E-state index in [1.165, 1.54) is 4.57 Å². The summed E-state index contributed by atoms with van der Waals surface area (Å²) in [5.41, 5.74) is 0.0274. The Labute approximate surface area is 357 Å². The van der Waals surface area contributed by atoms with E-state index in [4.69, 9.17) is 30.8 Å². The van der Waals surface area contributed by atoms with Crippen molar-refractivity contribution in [2.24, 2.45) is 14.1 Å². The number of likely N-dealkylation sites (tertiary alicyclic amines) is 1. The van der Waals surface area contributed by atoms with Crippen LogP contribution in [0.3, 0.4) is 0 Å². The van der Waals surface area contributed by atoms with Gasteiger partial charge in [-0.2, -0.15) is 20.2 Å². The van der Waals surface area contributed by atoms with Gasteiger partial charge in [-0.25, -0.2) is 14.2 Å². The van der Waals surface area contributed by atoms with Gasteiger partial charge in [0.15, 0.2) is 11.3 Å². The SMILES string of the molecule is Cn1c(Cl)nc2c(c(Br)nn2COCC[Si](C)(C)C)c1=O.Cn1c(N2C3CCCC2CN(C(=O)OC(C)(C)C)C3)nc2c(c(Br)nn2COCC[Si](C)(C)C)c1=O. The number of carbonyl (C=O) groups excluding carboxylic acids is 1. The predicted molar refractivity (Wildman–Crippen MR) is 236 cm³/mol. The summed E-state index contributed by atoms with van der Waals surface area (Å²) in [5.74, 6) is 0.613. The second kappa shape index (κ2) is 17.9. The van der Waals surface area contributed by atoms with Gasteiger partial charge in [0.25, 0.3) is 11.1 Å². The van der Waals surface area contributed by atoms with Crippen molar-refractivity contribution in [1.82, 2.24) is 43.6 Å². The maximum Gasteiger partial charge on any atom is 0.410 e. The van der Waals surface area contributed by atoms with Crippen molar-refractivity contribution in [3.63, 3.8) is 0 Å². The predicted octanol–water partition coefficient (Wildman–Crippen LogP) is 7.04. The van der Waals surface area contributed by atoms with Gasteiger partial charge in [-0.05, 0) is 95.6 Å². The second-order valence-electron chi connectivity index (χ2n) is 18.2. The van der Waals surface area contributed by atoms with Crippen LogP contribution in [0.1, 0.15) is 40.0 Å². The lowest BCUT2D eigenvalue weighted by Gasteiger charge is -2.50. The number of anilines is 1. The Morgan fingerprint density at radius 1 is 0.789 bits per heavy atom. The van der Waals surface area contributed by atoms with Crippen LogP contribution in [-0.2, 0) is 41.8 Å². The highest BCUT2D eigenvalue weighted by Crippen LogP contribution is 2.34. The number of amides is 1. The van der Waals surface area contributed by atoms with E-state index in [1.807, 2.05) is 20.8 Å². The lowest BCUT2D eigenvalue weighted by atomic mass is 9.91. The summed E-state index contributed by atoms with van der Waals surface area (Å²) in [6.45, 7) is 22.4. The van der Waals surface area contributed by atoms with Crippen LogP contribution < -0.4 is 16.0 Å². The summed E-state index contributed by atoms with van der Waals surface area (Å²) in [4.78, 5) is 51.6. The number of fused-ring (bicyclic) bond motifs is 4. The Balaban J connectivity index is 0.000000251. The molecule has 0 aromatic carbocycles. The smallest absolute Gasteiger partial charge is 0.410 e. The molecule has 0 aliphatic carbocycles. The van der Waals surface area contributed by atoms with E-state index in [0.717, 1.165) is 31.4 Å². The van der Waals surface area contributed by atoms with Gasteiger partial charge in [0, 0.05) is 68.6 Å². The quantitative estimate of drug-likeness (QED) is 0.0863. The van der Waals surface area contributed by atoms with Gasteiger partial charge < -0.3 is 24.0 Å². The summed E-state index contributed by atoms with van der Waals surface area (Å²) in [6, 6.07) is 2.25. The summed E-state index contributed by atoms with van der Waals surface area (Å²) in [6.07, 6.45) is 2.64. The average Bonchev–Trinajstić information content (AvgIpc) is 3.58. The first-order valence-electron chi connectivity index (χ1n) is 19.3. The monoisotopic (exact) mass is 974 g/mol. The second-order valence-corrected chi connectivity index (χ2v) is 31.3. The van der Waals surface area contributed by atoms with Gasteiger partial charge in [-0.1, -0.05) is 39.3 Å². The molecule has 2 aliphatic heterocycles. The highest BCUT2D eigenvalue weighted by atomic mass is 79.9. The summed E-state index contributed by atoms with van der Waals surface area (Å²) in [7, 11) is 1.00. The molecule has 2 fully saturated rings. The van der Waals surface area contributed by atoms with Gasteiger partial charge in [0.05, 0.1) is 0 Å². The van der Waals surface area contributed by atoms with Gasteiger partial charge in [0.1, 0.15) is 39.0 Å². The van der Waals surface area contributed by atoms with Crippen LogP contribution in [0.2, 0.25) is 56.7 Å². The van der Waals surface area contributed by atoms with Gasteiger partial charge in [-0.15, -0.1) is 0 Å². The molecule has 4 aromatic rings. The Kier molecular flexibility index (Phi) is 14.3. The lowest BCUT2D eigenvalue weighted by molar-refractivity contribution is 0.0153. The molecule has 6 heterocycles. The normalized spacial score (nSPS) is 17.6. The molecular formula is C36H57Br2ClN10O6Si2. The molecule has 2 aliphatic rings. The number of nitrogens with zero attached hydrogens (tertiary/aromatic N) is 10. The molecule has 2 saturated heterocycles. The molecule has 6 rings (SSSR count). The first-order valence-corrected chi connectivity index (χ1v) is 28.7. The Hall–Kier alpha value is -2.63. The zero-order chi connectivity index (χ0) is 42.2. The van der Waals surface area contributed by atoms with E-state index < -0.39 is 21.7 Å². The van der Waals surface area contributed by atoms with Crippen molar-refractivity contribution < 1.29 is 19.0 Å². The summed E-state index contributed by atoms with van der Waals surface area (Å²) < 4.78 is 24.3. The van der Waals surface area contributed by atoms with E-state index in [0.29, 0.717) is 63.5 Å². The van der Waals surface area contributed by atoms with Crippen molar-refractivity contribution >= 4 is 93.7 Å². The van der Waals surface area contributed by atoms with Gasteiger partial charge >= 0.3 is 6.09 Å². The number of halogens is 3. The van der Waals surface area contributed by atoms with Crippen LogP contribution in [-0.4, -0.2) is 110 Å². The van der Waals surface area contributed by atoms with Crippen LogP contribution in [0.4, 0.5) is 10.7 Å². The standard InChI is InChI=1S/C24H39BrN6O4Si.C12H18BrClN4O2Si/c1-24(2,3)35-23(33)29-13-16-9-8-10-17(14-29)31(16)22-26-20-18(21(32)28(22)4)19(25)27-30(20)15-34-11-12-36(5,6)7;1-17-11(19)8-9(13)16-18(10(8)15-12(17)14)7-20-5-6-21(2,3)4/h16-17H,8-15H2,1-7H3;5-7H2,1-4H3. The first-order chi connectivity index (χ1) is 26.5. The largest absolute Gasteiger partial charge is 0.444 e. The van der Waals surface area contributed by atoms with Crippen molar-refractivity contribution in [2.75, 3.05) is 31.2 Å². The lowest BCUT2D eigenvalue weighted by Crippen LogP contribution is -2.63. The zero-order valence-electron chi connectivity index (χ0n) is 35.0. The number of aromatic nitrogens is 8. The number of piperidine rings is 1. The van der Waals surface area contributed by atoms with Crippen LogP contribution in [0, 0.1) is 0 Å². The minimum absolute atomic E-state index is 0.0633. The molecule has 316 valence electrons. The third-order valence-corrected chi connectivity index (χ3v) is 14.7. The number of hydrogen-bond donors (Lipinski definition) is 0. The number of hydrogen-bond acceptors (Lipinski definition) is 11. The molecule has 57 heavy (non-hydrogen) atoms. The number of ether oxygens (including phenoxy) is 3. The Morgan fingerprint density at radius 3 is 1.70 bits per heavy atom. The van der Waals surface area contributed by atoms with Crippen molar-refractivity contribution in [2.45, 2.75) is 123 Å². The van der Waals surface area contributed by atoms with Crippen molar-refractivity contribution in [3.05, 3.63) is 35.2 Å². The zero-order valence-corrected chi connectivity index (χ0v) is 40.9. The highest BCUT2D eigenvalue weighted by Gasteiger charge is 2.42. The first kappa shape index (κ1) is 45.5. The van der Waals surface area contributed by atoms with E-state index in [1.54, 1.807) is 32.9 Å². The fraction of sp³-hybridized carbons (Fsp3) is 0.694. The fourth-order valence-electron chi connectivity index (χ4n) is 6.67. The molecule has 2 bridgehead atoms. The highest BCUT2D eigenvalue weighted by molar-refractivity contribution is 9.10. The summed E-state index contributed by atoms with van der Waals surface area (Å²) in [5, 5.41) is 9.75. The van der Waals surface area contributed by atoms with Crippen molar-refractivity contribution in [1.29, 1.82) is 0 Å². The molecule has 0 radical (unpaired) electrons. The molecule has 2 atom stereocenters. The molecular weight excluding hydrogens is 920 g/mol. The minimum atomic E-state index is -1.21. The fourth-order valence-corrected chi connectivity index (χ4v) is 9.41. The maximum absolute atomic E-state index is 13.4. The molecule has 21 heteroatoms. The molecule has 0 N–H and O–H groups in total. The van der Waals surface area contributed by atoms with E-state index in [2.05, 4.69) is 91.2 Å². The molecule has 4 aromatic heterocycles. The number of piperazine rings is 1. The Bertz CT molecular complexity index is 2190. The van der Waals surface area contributed by atoms with Crippen LogP contribution in [0.25, 0.3) is 22.1 Å². The topological polar surface area (TPSA) is 157 Å². The third kappa shape index (κ3) is 11.2. The third-order valence-electron chi connectivity index (χ3n) is 9.81. The summed E-state index contributed by atoms with van der Waals surface area (Å²) >= 11 is 12.7. The van der Waals surface area contributed by atoms with Gasteiger partial charge in [-0.3, -0.25) is 18.7 Å². The van der Waals surface area contributed by atoms with E-state index in [9.17, 15) is 14.4 Å². The number of rotatable bonds is 11. The average molecular weight is 977 g/mol. The van der Waals surface area contributed by atoms with E-state index >= 15 is 0 Å². The maximum atomic E-state index is 13.4. The van der Waals surface area contributed by atoms with Crippen LogP contribution in [0.5, 0.6) is 0 Å². The van der Waals surface area contributed by atoms with Gasteiger partial charge in [0.2, 0.25) is 11.2 Å². The molecule has 16 nitrogen and oxygen atoms in total. The van der Waals surface area contributed by atoms with Crippen LogP contribution >= 0.6 is 43.5 Å². The van der Waals surface area contributed by atoms with E-state index in [-0.39, 0.29) is 48.0 Å². The molecule has 0 saturated carbocycles. The Morgan fingerprint density at radius 2 is 1.25 bits per heavy atom. The van der Waals surface area contributed by atoms with Crippen LogP contribution in [0.15, 0.2) is 18.8 Å². The minimum Gasteiger partial charge on any atom is -0.444 e. The number of carbonyl (C=O) groups is 1. The molecule has 2 unspecified atom stereocenters. The van der Waals surface area contributed by atoms with Crippen molar-refractivity contribution in [3.8, 4) is 0 Å². The molecule has 1 amide bonds.